The van der Waals surface area contributed by atoms with E-state index in [9.17, 15) is 27.6 Å². The van der Waals surface area contributed by atoms with E-state index in [0.717, 1.165) is 12.1 Å². The van der Waals surface area contributed by atoms with E-state index in [2.05, 4.69) is 4.84 Å². The lowest BCUT2D eigenvalue weighted by molar-refractivity contribution is -0.172. The van der Waals surface area contributed by atoms with Crippen LogP contribution in [-0.4, -0.2) is 22.8 Å². The molecule has 0 spiro atoms. The van der Waals surface area contributed by atoms with Gasteiger partial charge < -0.3 is 4.84 Å². The summed E-state index contributed by atoms with van der Waals surface area (Å²) in [6.07, 6.45) is -4.71. The first-order valence-electron chi connectivity index (χ1n) is 5.04. The molecule has 9 heteroatoms. The Hall–Kier alpha value is -1.90. The summed E-state index contributed by atoms with van der Waals surface area (Å²) < 4.78 is 37.0. The summed E-state index contributed by atoms with van der Waals surface area (Å²) in [4.78, 5) is 37.0. The Bertz CT molecular complexity index is 535. The van der Waals surface area contributed by atoms with Crippen LogP contribution < -0.4 is 0 Å². The summed E-state index contributed by atoms with van der Waals surface area (Å²) in [7, 11) is 0. The molecule has 2 amide bonds. The molecule has 0 aliphatic carbocycles. The molecule has 0 unspecified atom stereocenters. The first-order valence-corrected chi connectivity index (χ1v) is 5.86. The number of hydrogen-bond acceptors (Lipinski definition) is 5. The maximum absolute atomic E-state index is 12.3. The molecule has 2 heterocycles. The third-order valence-corrected chi connectivity index (χ3v) is 3.38. The van der Waals surface area contributed by atoms with Crippen molar-refractivity contribution in [1.82, 2.24) is 5.06 Å². The minimum atomic E-state index is -4.55. The van der Waals surface area contributed by atoms with E-state index in [1.807, 2.05) is 0 Å². The number of nitrogens with zero attached hydrogens (tertiary/aromatic N) is 1. The lowest BCUT2D eigenvalue weighted by Crippen LogP contribution is -2.31. The molecule has 1 aromatic rings. The van der Waals surface area contributed by atoms with Crippen LogP contribution >= 0.6 is 11.3 Å². The van der Waals surface area contributed by atoms with Crippen LogP contribution in [0, 0.1) is 0 Å². The highest BCUT2D eigenvalue weighted by molar-refractivity contribution is 7.14. The van der Waals surface area contributed by atoms with Crippen molar-refractivity contribution in [2.75, 3.05) is 0 Å². The molecule has 102 valence electrons. The van der Waals surface area contributed by atoms with Gasteiger partial charge >= 0.3 is 12.1 Å². The van der Waals surface area contributed by atoms with Crippen molar-refractivity contribution in [1.29, 1.82) is 0 Å². The van der Waals surface area contributed by atoms with Gasteiger partial charge in [0.2, 0.25) is 0 Å². The number of halogens is 3. The van der Waals surface area contributed by atoms with Gasteiger partial charge in [-0.2, -0.15) is 13.2 Å². The van der Waals surface area contributed by atoms with Crippen molar-refractivity contribution < 1.29 is 32.4 Å². The average Bonchev–Trinajstić information content (AvgIpc) is 2.90. The van der Waals surface area contributed by atoms with Crippen LogP contribution in [0.4, 0.5) is 13.2 Å². The number of amides is 2. The molecule has 1 aliphatic heterocycles. The number of alkyl halides is 3. The summed E-state index contributed by atoms with van der Waals surface area (Å²) in [5.74, 6) is -2.54. The summed E-state index contributed by atoms with van der Waals surface area (Å²) >= 11 is 0.185. The summed E-state index contributed by atoms with van der Waals surface area (Å²) in [6, 6.07) is 1.66. The number of hydroxylamine groups is 2. The van der Waals surface area contributed by atoms with Crippen molar-refractivity contribution >= 4 is 29.1 Å². The fourth-order valence-corrected chi connectivity index (χ4v) is 2.13. The number of rotatable bonds is 2. The first kappa shape index (κ1) is 13.5. The lowest BCUT2D eigenvalue weighted by atomic mass is 10.4. The molecular formula is C10H6F3NO4S. The minimum absolute atomic E-state index is 0.0790. The molecule has 2 rings (SSSR count). The normalized spacial score (nSPS) is 16.1. The largest absolute Gasteiger partial charge is 0.425 e. The maximum atomic E-state index is 12.3. The van der Waals surface area contributed by atoms with E-state index in [4.69, 9.17) is 0 Å². The molecule has 1 aromatic heterocycles. The van der Waals surface area contributed by atoms with Gasteiger partial charge in [-0.3, -0.25) is 9.59 Å². The van der Waals surface area contributed by atoms with E-state index >= 15 is 0 Å². The van der Waals surface area contributed by atoms with Crippen LogP contribution in [0.15, 0.2) is 12.1 Å². The van der Waals surface area contributed by atoms with E-state index in [-0.39, 0.29) is 34.1 Å². The van der Waals surface area contributed by atoms with E-state index < -0.39 is 28.8 Å². The summed E-state index contributed by atoms with van der Waals surface area (Å²) in [5, 5.41) is 0.287. The fraction of sp³-hybridized carbons (Fsp3) is 0.300. The van der Waals surface area contributed by atoms with E-state index in [1.165, 1.54) is 0 Å². The summed E-state index contributed by atoms with van der Waals surface area (Å²) in [5.41, 5.74) is 0. The van der Waals surface area contributed by atoms with Crippen molar-refractivity contribution in [2.24, 2.45) is 0 Å². The molecule has 0 N–H and O–H groups in total. The van der Waals surface area contributed by atoms with Crippen molar-refractivity contribution in [3.63, 3.8) is 0 Å². The maximum Gasteiger partial charge on any atom is 0.425 e. The van der Waals surface area contributed by atoms with Gasteiger partial charge in [-0.05, 0) is 12.1 Å². The molecule has 0 aromatic carbocycles. The Morgan fingerprint density at radius 3 is 2.26 bits per heavy atom. The van der Waals surface area contributed by atoms with Crippen LogP contribution in [0.3, 0.4) is 0 Å². The number of carbonyl (C=O) groups excluding carboxylic acids is 3. The second-order valence-electron chi connectivity index (χ2n) is 3.62. The Balaban J connectivity index is 2.10. The predicted molar refractivity (Wildman–Crippen MR) is 55.8 cm³/mol. The zero-order chi connectivity index (χ0) is 14.2. The third-order valence-electron chi connectivity index (χ3n) is 2.27. The van der Waals surface area contributed by atoms with Gasteiger partial charge in [0.25, 0.3) is 11.8 Å². The topological polar surface area (TPSA) is 63.7 Å². The van der Waals surface area contributed by atoms with E-state index in [0.29, 0.717) is 0 Å². The van der Waals surface area contributed by atoms with Crippen LogP contribution in [0.25, 0.3) is 0 Å². The predicted octanol–water partition coefficient (Wildman–Crippen LogP) is 1.99. The zero-order valence-electron chi connectivity index (χ0n) is 9.19. The number of thiophene rings is 1. The highest BCUT2D eigenvalue weighted by atomic mass is 32.1. The smallest absolute Gasteiger partial charge is 0.324 e. The molecule has 0 atom stereocenters. The zero-order valence-corrected chi connectivity index (χ0v) is 10.0. The minimum Gasteiger partial charge on any atom is -0.324 e. The van der Waals surface area contributed by atoms with E-state index in [1.54, 1.807) is 0 Å². The van der Waals surface area contributed by atoms with Gasteiger partial charge in [-0.15, -0.1) is 16.4 Å². The van der Waals surface area contributed by atoms with Gasteiger partial charge in [0, 0.05) is 12.8 Å². The molecule has 0 bridgehead atoms. The Morgan fingerprint density at radius 1 is 1.21 bits per heavy atom. The molecule has 1 aliphatic rings. The standard InChI is InChI=1S/C10H6F3NO4S/c11-10(12,13)6-2-1-5(19-6)9(17)18-14-7(15)3-4-8(14)16/h1-2H,3-4H2. The van der Waals surface area contributed by atoms with Crippen LogP contribution in [0.2, 0.25) is 0 Å². The quantitative estimate of drug-likeness (QED) is 0.782. The monoisotopic (exact) mass is 293 g/mol. The lowest BCUT2D eigenvalue weighted by Gasteiger charge is -2.11. The van der Waals surface area contributed by atoms with Gasteiger partial charge in [-0.25, -0.2) is 4.79 Å². The summed E-state index contributed by atoms with van der Waals surface area (Å²) in [6.45, 7) is 0. The van der Waals surface area contributed by atoms with Crippen LogP contribution in [0.5, 0.6) is 0 Å². The van der Waals surface area contributed by atoms with Crippen molar-refractivity contribution in [2.45, 2.75) is 19.0 Å². The van der Waals surface area contributed by atoms with Gasteiger partial charge in [0.05, 0.1) is 0 Å². The number of carbonyl (C=O) groups is 3. The molecule has 0 saturated carbocycles. The van der Waals surface area contributed by atoms with Crippen LogP contribution in [0.1, 0.15) is 27.4 Å². The Labute approximate surface area is 108 Å². The molecule has 5 nitrogen and oxygen atoms in total. The average molecular weight is 293 g/mol. The van der Waals surface area contributed by atoms with Gasteiger partial charge in [0.1, 0.15) is 9.75 Å². The van der Waals surface area contributed by atoms with Crippen LogP contribution in [-0.2, 0) is 20.6 Å². The fourth-order valence-electron chi connectivity index (χ4n) is 1.39. The SMILES string of the molecule is O=C(ON1C(=O)CCC1=O)c1ccc(C(F)(F)F)s1. The molecule has 19 heavy (non-hydrogen) atoms. The third kappa shape index (κ3) is 2.75. The molecule has 0 radical (unpaired) electrons. The second kappa shape index (κ2) is 4.65. The molecule has 1 saturated heterocycles. The molecule has 1 fully saturated rings. The Kier molecular flexibility index (Phi) is 3.31. The Morgan fingerprint density at radius 2 is 1.79 bits per heavy atom. The highest BCUT2D eigenvalue weighted by Crippen LogP contribution is 2.34. The number of hydrogen-bond donors (Lipinski definition) is 0. The second-order valence-corrected chi connectivity index (χ2v) is 4.71. The van der Waals surface area contributed by atoms with Crippen molar-refractivity contribution in [3.05, 3.63) is 21.9 Å². The number of imide groups is 1. The van der Waals surface area contributed by atoms with Gasteiger partial charge in [0.15, 0.2) is 0 Å². The highest BCUT2D eigenvalue weighted by Gasteiger charge is 2.36. The first-order chi connectivity index (χ1) is 8.79. The van der Waals surface area contributed by atoms with Crippen molar-refractivity contribution in [3.8, 4) is 0 Å². The molecular weight excluding hydrogens is 287 g/mol. The van der Waals surface area contributed by atoms with Gasteiger partial charge in [-0.1, -0.05) is 0 Å².